The summed E-state index contributed by atoms with van der Waals surface area (Å²) in [6.07, 6.45) is 1.96. The van der Waals surface area contributed by atoms with Crippen molar-refractivity contribution < 1.29 is 13.2 Å². The predicted octanol–water partition coefficient (Wildman–Crippen LogP) is 3.05. The van der Waals surface area contributed by atoms with Crippen LogP contribution in [0.25, 0.3) is 28.1 Å². The molecule has 2 aliphatic rings. The lowest BCUT2D eigenvalue weighted by Gasteiger charge is -2.36. The summed E-state index contributed by atoms with van der Waals surface area (Å²) in [7, 11) is -3.73. The SMILES string of the molecule is C=c1c2cccc3cccc(c(=O)n1CS(=O)(=O)CC14CCC(CC1=O)C4(C)C)c32. The van der Waals surface area contributed by atoms with Crippen LogP contribution >= 0.6 is 0 Å². The molecule has 6 heteroatoms. The molecule has 5 rings (SSSR count). The molecule has 1 heterocycles. The van der Waals surface area contributed by atoms with Gasteiger partial charge in [-0.1, -0.05) is 50.8 Å². The van der Waals surface area contributed by atoms with Gasteiger partial charge in [0.05, 0.1) is 5.75 Å². The van der Waals surface area contributed by atoms with Gasteiger partial charge in [-0.2, -0.15) is 0 Å². The van der Waals surface area contributed by atoms with Crippen molar-refractivity contribution in [3.8, 4) is 0 Å². The molecule has 0 amide bonds. The van der Waals surface area contributed by atoms with Crippen molar-refractivity contribution in [3.63, 3.8) is 0 Å². The molecule has 1 aromatic heterocycles. The molecular weight excluding hydrogens is 398 g/mol. The van der Waals surface area contributed by atoms with Crippen LogP contribution in [0.3, 0.4) is 0 Å². The molecular formula is C24H25NO4S. The number of fused-ring (bicyclic) bond motifs is 2. The Morgan fingerprint density at radius 3 is 2.37 bits per heavy atom. The van der Waals surface area contributed by atoms with Crippen LogP contribution in [0.4, 0.5) is 0 Å². The number of Topliss-reactive ketones (excluding diaryl/α,β-unsaturated/α-hetero) is 1. The molecule has 2 unspecified atom stereocenters. The van der Waals surface area contributed by atoms with Crippen LogP contribution < -0.4 is 10.9 Å². The number of pyridine rings is 1. The van der Waals surface area contributed by atoms with Gasteiger partial charge in [0, 0.05) is 33.3 Å². The van der Waals surface area contributed by atoms with E-state index in [0.29, 0.717) is 23.6 Å². The van der Waals surface area contributed by atoms with Gasteiger partial charge in [-0.05, 0) is 35.6 Å². The molecule has 156 valence electrons. The number of rotatable bonds is 4. The highest BCUT2D eigenvalue weighted by molar-refractivity contribution is 7.90. The summed E-state index contributed by atoms with van der Waals surface area (Å²) in [6.45, 7) is 8.09. The molecule has 30 heavy (non-hydrogen) atoms. The van der Waals surface area contributed by atoms with Gasteiger partial charge < -0.3 is 0 Å². The Morgan fingerprint density at radius 2 is 1.77 bits per heavy atom. The monoisotopic (exact) mass is 423 g/mol. The molecule has 0 aliphatic heterocycles. The maximum atomic E-state index is 13.3. The van der Waals surface area contributed by atoms with Gasteiger partial charge in [-0.3, -0.25) is 14.2 Å². The first-order valence-electron chi connectivity index (χ1n) is 10.3. The summed E-state index contributed by atoms with van der Waals surface area (Å²) in [5, 5.41) is 3.40. The van der Waals surface area contributed by atoms with E-state index in [0.717, 1.165) is 22.6 Å². The van der Waals surface area contributed by atoms with E-state index >= 15 is 0 Å². The van der Waals surface area contributed by atoms with Crippen LogP contribution in [0.5, 0.6) is 0 Å². The molecule has 2 saturated carbocycles. The number of nitrogens with zero attached hydrogens (tertiary/aromatic N) is 1. The van der Waals surface area contributed by atoms with Crippen LogP contribution in [0.15, 0.2) is 41.2 Å². The summed E-state index contributed by atoms with van der Waals surface area (Å²) >= 11 is 0. The molecule has 2 fully saturated rings. The topological polar surface area (TPSA) is 73.2 Å². The number of sulfone groups is 1. The average Bonchev–Trinajstić information content (AvgIpc) is 3.03. The zero-order valence-corrected chi connectivity index (χ0v) is 18.1. The molecule has 2 aliphatic carbocycles. The van der Waals surface area contributed by atoms with Gasteiger partial charge >= 0.3 is 0 Å². The molecule has 0 radical (unpaired) electrons. The second kappa shape index (κ2) is 6.03. The Morgan fingerprint density at radius 1 is 1.10 bits per heavy atom. The first kappa shape index (κ1) is 19.5. The fourth-order valence-electron chi connectivity index (χ4n) is 6.04. The normalized spacial score (nSPS) is 25.5. The molecule has 2 bridgehead atoms. The molecule has 2 atom stereocenters. The van der Waals surface area contributed by atoms with E-state index in [1.54, 1.807) is 12.1 Å². The van der Waals surface area contributed by atoms with E-state index in [4.69, 9.17) is 0 Å². The number of aromatic nitrogens is 1. The number of carbonyl (C=O) groups is 1. The largest absolute Gasteiger partial charge is 0.299 e. The number of hydrogen-bond acceptors (Lipinski definition) is 4. The fourth-order valence-corrected chi connectivity index (χ4v) is 8.22. The third-order valence-corrected chi connectivity index (χ3v) is 9.53. The van der Waals surface area contributed by atoms with E-state index < -0.39 is 21.1 Å². The smallest absolute Gasteiger partial charge is 0.259 e. The molecule has 3 aromatic rings. The second-order valence-electron chi connectivity index (χ2n) is 9.57. The van der Waals surface area contributed by atoms with E-state index in [1.165, 1.54) is 4.57 Å². The molecule has 0 saturated heterocycles. The van der Waals surface area contributed by atoms with Crippen molar-refractivity contribution in [1.29, 1.82) is 0 Å². The van der Waals surface area contributed by atoms with Crippen LogP contribution in [0, 0.1) is 16.7 Å². The van der Waals surface area contributed by atoms with E-state index in [2.05, 4.69) is 6.58 Å². The van der Waals surface area contributed by atoms with Crippen molar-refractivity contribution in [2.45, 2.75) is 39.0 Å². The number of hydrogen-bond donors (Lipinski definition) is 0. The Kier molecular flexibility index (Phi) is 3.92. The van der Waals surface area contributed by atoms with Gasteiger partial charge in [-0.15, -0.1) is 0 Å². The fraction of sp³-hybridized carbons (Fsp3) is 0.417. The average molecular weight is 424 g/mol. The van der Waals surface area contributed by atoms with Gasteiger partial charge in [0.15, 0.2) is 9.84 Å². The predicted molar refractivity (Wildman–Crippen MR) is 119 cm³/mol. The third-order valence-electron chi connectivity index (χ3n) is 7.95. The Bertz CT molecular complexity index is 1370. The minimum Gasteiger partial charge on any atom is -0.299 e. The Hall–Kier alpha value is -2.47. The van der Waals surface area contributed by atoms with Crippen molar-refractivity contribution >= 4 is 43.7 Å². The number of carbonyl (C=O) groups excluding carboxylic acids is 1. The lowest BCUT2D eigenvalue weighted by atomic mass is 9.70. The van der Waals surface area contributed by atoms with Crippen molar-refractivity contribution in [2.75, 3.05) is 5.75 Å². The minimum absolute atomic E-state index is 0.0613. The molecule has 0 N–H and O–H groups in total. The lowest BCUT2D eigenvalue weighted by Crippen LogP contribution is -2.44. The first-order valence-corrected chi connectivity index (χ1v) is 12.2. The summed E-state index contributed by atoms with van der Waals surface area (Å²) in [4.78, 5) is 26.0. The third kappa shape index (κ3) is 2.43. The van der Waals surface area contributed by atoms with E-state index in [1.807, 2.05) is 38.1 Å². The van der Waals surface area contributed by atoms with Crippen LogP contribution in [-0.2, 0) is 20.5 Å². The van der Waals surface area contributed by atoms with E-state index in [-0.39, 0.29) is 28.4 Å². The number of ketones is 1. The zero-order chi connectivity index (χ0) is 21.5. The summed E-state index contributed by atoms with van der Waals surface area (Å²) in [6, 6.07) is 11.1. The second-order valence-corrected chi connectivity index (χ2v) is 11.6. The lowest BCUT2D eigenvalue weighted by molar-refractivity contribution is -0.128. The highest BCUT2D eigenvalue weighted by atomic mass is 32.2. The molecule has 5 nitrogen and oxygen atoms in total. The van der Waals surface area contributed by atoms with Gasteiger partial charge in [0.1, 0.15) is 11.7 Å². The summed E-state index contributed by atoms with van der Waals surface area (Å²) in [5.41, 5.74) is -1.53. The van der Waals surface area contributed by atoms with Gasteiger partial charge in [0.2, 0.25) is 0 Å². The molecule has 2 aromatic carbocycles. The Labute approximate surface area is 175 Å². The summed E-state index contributed by atoms with van der Waals surface area (Å²) in [5.74, 6) is -0.348. The van der Waals surface area contributed by atoms with Crippen LogP contribution in [0.2, 0.25) is 0 Å². The molecule has 0 spiro atoms. The zero-order valence-electron chi connectivity index (χ0n) is 17.3. The maximum absolute atomic E-state index is 13.3. The van der Waals surface area contributed by atoms with Gasteiger partial charge in [0.25, 0.3) is 5.56 Å². The van der Waals surface area contributed by atoms with Crippen molar-refractivity contribution in [2.24, 2.45) is 16.7 Å². The van der Waals surface area contributed by atoms with Crippen LogP contribution in [0.1, 0.15) is 33.1 Å². The first-order chi connectivity index (χ1) is 14.1. The highest BCUT2D eigenvalue weighted by Crippen LogP contribution is 2.64. The van der Waals surface area contributed by atoms with Crippen LogP contribution in [-0.4, -0.2) is 24.5 Å². The van der Waals surface area contributed by atoms with Crippen molar-refractivity contribution in [3.05, 3.63) is 52.1 Å². The maximum Gasteiger partial charge on any atom is 0.259 e. The Balaban J connectivity index is 1.62. The quantitative estimate of drug-likeness (QED) is 0.647. The summed E-state index contributed by atoms with van der Waals surface area (Å²) < 4.78 is 27.9. The minimum atomic E-state index is -3.73. The van der Waals surface area contributed by atoms with E-state index in [9.17, 15) is 18.0 Å². The number of benzene rings is 2. The van der Waals surface area contributed by atoms with Gasteiger partial charge in [-0.25, -0.2) is 8.42 Å². The van der Waals surface area contributed by atoms with Crippen molar-refractivity contribution in [1.82, 2.24) is 4.57 Å². The standard InChI is InChI=1S/C24H25NO4S/c1-15-18-8-4-6-16-7-5-9-19(21(16)18)22(27)25(15)14-30(28,29)13-24-11-10-17(12-20(24)26)23(24,2)3/h4-9,17H,1,10-14H2,2-3H3. The highest BCUT2D eigenvalue weighted by Gasteiger charge is 2.65.